The van der Waals surface area contributed by atoms with E-state index in [0.29, 0.717) is 11.1 Å². The van der Waals surface area contributed by atoms with Crippen LogP contribution in [-0.2, 0) is 6.42 Å². The third-order valence-corrected chi connectivity index (χ3v) is 3.31. The monoisotopic (exact) mass is 272 g/mol. The van der Waals surface area contributed by atoms with Crippen LogP contribution in [0.25, 0.3) is 0 Å². The molecule has 0 fully saturated rings. The number of aliphatic hydroxyl groups excluding tert-OH is 1. The molecule has 1 atom stereocenters. The van der Waals surface area contributed by atoms with Gasteiger partial charge in [0.2, 0.25) is 0 Å². The number of aliphatic hydroxyl groups is 1. The maximum Gasteiger partial charge on any atom is 0.169 e. The zero-order chi connectivity index (χ0) is 9.97. The first kappa shape index (κ1) is 9.96. The average Bonchev–Trinajstić information content (AvgIpc) is 2.75. The minimum atomic E-state index is -0.431. The Kier molecular flexibility index (Phi) is 3.05. The molecule has 14 heavy (non-hydrogen) atoms. The summed E-state index contributed by atoms with van der Waals surface area (Å²) >= 11 is 4.79. The molecule has 1 N–H and O–H groups in total. The minimum Gasteiger partial charge on any atom is -0.457 e. The fraction of sp³-hybridized carbons (Fsp3) is 0.200. The van der Waals surface area contributed by atoms with Gasteiger partial charge in [-0.15, -0.1) is 11.3 Å². The zero-order valence-corrected chi connectivity index (χ0v) is 9.72. The highest BCUT2D eigenvalue weighted by Gasteiger charge is 2.10. The molecule has 0 amide bonds. The Hall–Kier alpha value is -0.580. The lowest BCUT2D eigenvalue weighted by Crippen LogP contribution is -1.97. The van der Waals surface area contributed by atoms with Crippen molar-refractivity contribution in [2.45, 2.75) is 12.5 Å². The van der Waals surface area contributed by atoms with Crippen LogP contribution in [0.2, 0.25) is 0 Å². The maximum absolute atomic E-state index is 9.83. The predicted octanol–water partition coefficient (Wildman–Crippen LogP) is 3.38. The van der Waals surface area contributed by atoms with Gasteiger partial charge in [0.25, 0.3) is 0 Å². The molecule has 2 rings (SSSR count). The minimum absolute atomic E-state index is 0.431. The zero-order valence-electron chi connectivity index (χ0n) is 7.31. The van der Waals surface area contributed by atoms with Crippen molar-refractivity contribution in [1.29, 1.82) is 0 Å². The third kappa shape index (κ3) is 2.26. The Morgan fingerprint density at radius 1 is 1.57 bits per heavy atom. The van der Waals surface area contributed by atoms with E-state index in [1.165, 1.54) is 0 Å². The molecule has 0 aromatic carbocycles. The van der Waals surface area contributed by atoms with E-state index in [0.717, 1.165) is 10.4 Å². The molecule has 0 saturated heterocycles. The standard InChI is InChI=1S/C10H9BrO2S/c11-10-5-7(6-13-10)4-8(12)9-2-1-3-14-9/h1-3,5-6,8,12H,4H2. The van der Waals surface area contributed by atoms with Crippen LogP contribution in [0.1, 0.15) is 16.5 Å². The molecule has 0 spiro atoms. The fourth-order valence-corrected chi connectivity index (χ4v) is 2.36. The SMILES string of the molecule is OC(Cc1coc(Br)c1)c1cccs1. The molecular weight excluding hydrogens is 264 g/mol. The van der Waals surface area contributed by atoms with Crippen molar-refractivity contribution in [3.8, 4) is 0 Å². The Morgan fingerprint density at radius 2 is 2.43 bits per heavy atom. The molecule has 0 radical (unpaired) electrons. The van der Waals surface area contributed by atoms with Crippen molar-refractivity contribution in [2.24, 2.45) is 0 Å². The van der Waals surface area contributed by atoms with Gasteiger partial charge in [-0.25, -0.2) is 0 Å². The summed E-state index contributed by atoms with van der Waals surface area (Å²) in [5.74, 6) is 0. The quantitative estimate of drug-likeness (QED) is 0.930. The molecule has 2 heterocycles. The van der Waals surface area contributed by atoms with Gasteiger partial charge in [0, 0.05) is 11.3 Å². The van der Waals surface area contributed by atoms with Gasteiger partial charge in [-0.05, 0) is 39.0 Å². The van der Waals surface area contributed by atoms with Crippen LogP contribution in [0.3, 0.4) is 0 Å². The lowest BCUT2D eigenvalue weighted by molar-refractivity contribution is 0.182. The number of hydrogen-bond donors (Lipinski definition) is 1. The van der Waals surface area contributed by atoms with Gasteiger partial charge >= 0.3 is 0 Å². The largest absolute Gasteiger partial charge is 0.457 e. The average molecular weight is 273 g/mol. The van der Waals surface area contributed by atoms with Gasteiger partial charge in [-0.2, -0.15) is 0 Å². The van der Waals surface area contributed by atoms with Gasteiger partial charge in [-0.3, -0.25) is 0 Å². The van der Waals surface area contributed by atoms with E-state index in [9.17, 15) is 5.11 Å². The molecule has 0 aliphatic carbocycles. The van der Waals surface area contributed by atoms with Gasteiger partial charge in [-0.1, -0.05) is 6.07 Å². The fourth-order valence-electron chi connectivity index (χ4n) is 1.26. The predicted molar refractivity (Wildman–Crippen MR) is 59.4 cm³/mol. The summed E-state index contributed by atoms with van der Waals surface area (Å²) in [4.78, 5) is 0.988. The molecule has 4 heteroatoms. The molecule has 1 unspecified atom stereocenters. The Bertz CT molecular complexity index is 394. The number of hydrogen-bond acceptors (Lipinski definition) is 3. The van der Waals surface area contributed by atoms with Crippen LogP contribution in [0.5, 0.6) is 0 Å². The van der Waals surface area contributed by atoms with Crippen molar-refractivity contribution in [3.05, 3.63) is 45.0 Å². The normalized spacial score (nSPS) is 13.0. The van der Waals surface area contributed by atoms with Crippen molar-refractivity contribution in [3.63, 3.8) is 0 Å². The van der Waals surface area contributed by atoms with Crippen LogP contribution in [0.4, 0.5) is 0 Å². The highest BCUT2D eigenvalue weighted by Crippen LogP contribution is 2.24. The van der Waals surface area contributed by atoms with Crippen molar-refractivity contribution >= 4 is 27.3 Å². The first-order chi connectivity index (χ1) is 6.75. The Labute approximate surface area is 94.3 Å². The molecule has 74 valence electrons. The number of halogens is 1. The van der Waals surface area contributed by atoms with Crippen LogP contribution in [0.15, 0.2) is 38.9 Å². The molecule has 2 nitrogen and oxygen atoms in total. The van der Waals surface area contributed by atoms with E-state index in [1.54, 1.807) is 17.6 Å². The summed E-state index contributed by atoms with van der Waals surface area (Å²) < 4.78 is 5.79. The van der Waals surface area contributed by atoms with Crippen molar-refractivity contribution in [2.75, 3.05) is 0 Å². The molecule has 0 aliphatic rings. The topological polar surface area (TPSA) is 33.4 Å². The molecule has 0 saturated carbocycles. The summed E-state index contributed by atoms with van der Waals surface area (Å²) in [5.41, 5.74) is 0.998. The number of furan rings is 1. The summed E-state index contributed by atoms with van der Waals surface area (Å²) in [6.07, 6.45) is 1.82. The first-order valence-electron chi connectivity index (χ1n) is 4.20. The summed E-state index contributed by atoms with van der Waals surface area (Å²) in [5, 5.41) is 11.8. The first-order valence-corrected chi connectivity index (χ1v) is 5.87. The third-order valence-electron chi connectivity index (χ3n) is 1.92. The second kappa shape index (κ2) is 4.29. The molecule has 2 aromatic heterocycles. The van der Waals surface area contributed by atoms with Gasteiger partial charge < -0.3 is 9.52 Å². The van der Waals surface area contributed by atoms with E-state index in [4.69, 9.17) is 4.42 Å². The summed E-state index contributed by atoms with van der Waals surface area (Å²) in [6, 6.07) is 5.75. The van der Waals surface area contributed by atoms with E-state index in [1.807, 2.05) is 23.6 Å². The van der Waals surface area contributed by atoms with E-state index in [2.05, 4.69) is 15.9 Å². The van der Waals surface area contributed by atoms with Gasteiger partial charge in [0.15, 0.2) is 4.67 Å². The van der Waals surface area contributed by atoms with E-state index in [-0.39, 0.29) is 0 Å². The van der Waals surface area contributed by atoms with E-state index >= 15 is 0 Å². The van der Waals surface area contributed by atoms with Crippen molar-refractivity contribution in [1.82, 2.24) is 0 Å². The molecule has 0 bridgehead atoms. The molecule has 0 aliphatic heterocycles. The second-order valence-electron chi connectivity index (χ2n) is 2.99. The Morgan fingerprint density at radius 3 is 3.00 bits per heavy atom. The van der Waals surface area contributed by atoms with Crippen LogP contribution in [-0.4, -0.2) is 5.11 Å². The Balaban J connectivity index is 2.05. The van der Waals surface area contributed by atoms with Crippen LogP contribution in [0, 0.1) is 0 Å². The molecule has 2 aromatic rings. The number of rotatable bonds is 3. The van der Waals surface area contributed by atoms with E-state index < -0.39 is 6.10 Å². The maximum atomic E-state index is 9.83. The summed E-state index contributed by atoms with van der Waals surface area (Å²) in [6.45, 7) is 0. The highest BCUT2D eigenvalue weighted by molar-refractivity contribution is 9.10. The van der Waals surface area contributed by atoms with Gasteiger partial charge in [0.05, 0.1) is 12.4 Å². The number of thiophene rings is 1. The lowest BCUT2D eigenvalue weighted by Gasteiger charge is -2.05. The smallest absolute Gasteiger partial charge is 0.169 e. The van der Waals surface area contributed by atoms with Crippen LogP contribution >= 0.6 is 27.3 Å². The molecular formula is C10H9BrO2S. The summed E-state index contributed by atoms with van der Waals surface area (Å²) in [7, 11) is 0. The van der Waals surface area contributed by atoms with Crippen LogP contribution < -0.4 is 0 Å². The van der Waals surface area contributed by atoms with Gasteiger partial charge in [0.1, 0.15) is 0 Å². The lowest BCUT2D eigenvalue weighted by atomic mass is 10.1. The highest BCUT2D eigenvalue weighted by atomic mass is 79.9. The second-order valence-corrected chi connectivity index (χ2v) is 4.76. The van der Waals surface area contributed by atoms with Crippen molar-refractivity contribution < 1.29 is 9.52 Å².